The van der Waals surface area contributed by atoms with Gasteiger partial charge in [0.15, 0.2) is 0 Å². The van der Waals surface area contributed by atoms with Gasteiger partial charge >= 0.3 is 0 Å². The fourth-order valence-electron chi connectivity index (χ4n) is 2.82. The number of benzene rings is 2. The molecule has 2 aromatic rings. The Labute approximate surface area is 146 Å². The first-order chi connectivity index (χ1) is 11.7. The zero-order valence-electron chi connectivity index (χ0n) is 15.3. The highest BCUT2D eigenvalue weighted by atomic mass is 16.5. The zero-order chi connectivity index (χ0) is 17.4. The molecule has 3 nitrogen and oxygen atoms in total. The molecule has 0 aliphatic carbocycles. The van der Waals surface area contributed by atoms with Crippen molar-refractivity contribution < 1.29 is 4.74 Å². The van der Waals surface area contributed by atoms with Crippen LogP contribution in [0.25, 0.3) is 10.8 Å². The van der Waals surface area contributed by atoms with Gasteiger partial charge in [-0.05, 0) is 42.4 Å². The molecule has 1 N–H and O–H groups in total. The number of nitrogens with zero attached hydrogens (tertiary/aromatic N) is 1. The van der Waals surface area contributed by atoms with E-state index in [2.05, 4.69) is 67.0 Å². The van der Waals surface area contributed by atoms with Crippen LogP contribution in [0.15, 0.2) is 48.6 Å². The van der Waals surface area contributed by atoms with Crippen LogP contribution in [0.1, 0.15) is 26.3 Å². The van der Waals surface area contributed by atoms with Gasteiger partial charge in [-0.1, -0.05) is 50.8 Å². The van der Waals surface area contributed by atoms with E-state index in [1.165, 1.54) is 16.3 Å². The number of likely N-dealkylation sites (N-methyl/N-ethyl adjacent to an activating group) is 1. The lowest BCUT2D eigenvalue weighted by molar-refractivity contribution is 0.301. The highest BCUT2D eigenvalue weighted by Gasteiger charge is 2.09. The second-order valence-corrected chi connectivity index (χ2v) is 6.21. The molecule has 0 saturated carbocycles. The first kappa shape index (κ1) is 18.5. The molecule has 0 bridgehead atoms. The number of rotatable bonds is 10. The monoisotopic (exact) mass is 326 g/mol. The van der Waals surface area contributed by atoms with Crippen LogP contribution < -0.4 is 10.1 Å². The molecular formula is C21H30N2O. The highest BCUT2D eigenvalue weighted by Crippen LogP contribution is 2.28. The molecular weight excluding hydrogens is 296 g/mol. The summed E-state index contributed by atoms with van der Waals surface area (Å²) in [4.78, 5) is 2.43. The van der Waals surface area contributed by atoms with Gasteiger partial charge in [0.2, 0.25) is 0 Å². The normalized spacial score (nSPS) is 11.2. The van der Waals surface area contributed by atoms with E-state index in [9.17, 15) is 0 Å². The lowest BCUT2D eigenvalue weighted by atomic mass is 10.0. The van der Waals surface area contributed by atoms with Crippen molar-refractivity contribution >= 4 is 10.8 Å². The maximum atomic E-state index is 5.98. The van der Waals surface area contributed by atoms with Crippen molar-refractivity contribution in [3.05, 3.63) is 54.1 Å². The first-order valence-corrected chi connectivity index (χ1v) is 8.86. The molecule has 0 aliphatic rings. The van der Waals surface area contributed by atoms with Crippen molar-refractivity contribution in [1.82, 2.24) is 10.2 Å². The second-order valence-electron chi connectivity index (χ2n) is 6.21. The molecule has 2 rings (SSSR count). The number of hydrogen-bond acceptors (Lipinski definition) is 3. The number of nitrogens with one attached hydrogen (secondary N) is 1. The molecule has 0 aromatic heterocycles. The van der Waals surface area contributed by atoms with E-state index in [0.717, 1.165) is 44.0 Å². The molecule has 0 amide bonds. The molecule has 0 atom stereocenters. The fraction of sp³-hybridized carbons (Fsp3) is 0.429. The maximum absolute atomic E-state index is 5.98. The van der Waals surface area contributed by atoms with E-state index >= 15 is 0 Å². The summed E-state index contributed by atoms with van der Waals surface area (Å²) >= 11 is 0. The zero-order valence-corrected chi connectivity index (χ0v) is 15.3. The summed E-state index contributed by atoms with van der Waals surface area (Å²) in [6.45, 7) is 15.9. The van der Waals surface area contributed by atoms with Gasteiger partial charge in [0, 0.05) is 25.2 Å². The van der Waals surface area contributed by atoms with Crippen LogP contribution >= 0.6 is 0 Å². The van der Waals surface area contributed by atoms with Gasteiger partial charge < -0.3 is 15.0 Å². The van der Waals surface area contributed by atoms with E-state index in [1.807, 2.05) is 6.92 Å². The summed E-state index contributed by atoms with van der Waals surface area (Å²) in [5.41, 5.74) is 2.26. The number of fused-ring (bicyclic) bond motifs is 1. The SMILES string of the molecule is C=C(C)COc1ccc2ccccc2c1CNCCN(CC)CC. The molecule has 0 unspecified atom stereocenters. The highest BCUT2D eigenvalue weighted by molar-refractivity contribution is 5.87. The van der Waals surface area contributed by atoms with E-state index in [1.54, 1.807) is 0 Å². The average molecular weight is 326 g/mol. The van der Waals surface area contributed by atoms with Crippen LogP contribution in [-0.4, -0.2) is 37.7 Å². The van der Waals surface area contributed by atoms with Crippen LogP contribution in [0.3, 0.4) is 0 Å². The largest absolute Gasteiger partial charge is 0.489 e. The molecule has 0 aliphatic heterocycles. The minimum atomic E-state index is 0.560. The van der Waals surface area contributed by atoms with E-state index in [4.69, 9.17) is 4.74 Å². The van der Waals surface area contributed by atoms with Gasteiger partial charge in [-0.15, -0.1) is 0 Å². The molecule has 3 heteroatoms. The lowest BCUT2D eigenvalue weighted by Crippen LogP contribution is -2.31. The van der Waals surface area contributed by atoms with Crippen LogP contribution in [-0.2, 0) is 6.54 Å². The van der Waals surface area contributed by atoms with E-state index < -0.39 is 0 Å². The van der Waals surface area contributed by atoms with Gasteiger partial charge in [-0.2, -0.15) is 0 Å². The Kier molecular flexibility index (Phi) is 7.29. The summed E-state index contributed by atoms with van der Waals surface area (Å²) in [5, 5.41) is 6.08. The van der Waals surface area contributed by atoms with Crippen LogP contribution in [0.4, 0.5) is 0 Å². The fourth-order valence-corrected chi connectivity index (χ4v) is 2.82. The summed E-state index contributed by atoms with van der Waals surface area (Å²) in [7, 11) is 0. The smallest absolute Gasteiger partial charge is 0.124 e. The van der Waals surface area contributed by atoms with E-state index in [-0.39, 0.29) is 0 Å². The van der Waals surface area contributed by atoms with Gasteiger partial charge in [0.25, 0.3) is 0 Å². The molecule has 130 valence electrons. The minimum absolute atomic E-state index is 0.560. The number of hydrogen-bond donors (Lipinski definition) is 1. The van der Waals surface area contributed by atoms with Crippen molar-refractivity contribution in [2.75, 3.05) is 32.8 Å². The third-order valence-corrected chi connectivity index (χ3v) is 4.27. The Morgan fingerprint density at radius 1 is 1.12 bits per heavy atom. The van der Waals surface area contributed by atoms with Crippen molar-refractivity contribution in [3.63, 3.8) is 0 Å². The van der Waals surface area contributed by atoms with Crippen molar-refractivity contribution in [2.24, 2.45) is 0 Å². The Hall–Kier alpha value is -1.84. The molecule has 0 heterocycles. The van der Waals surface area contributed by atoms with Crippen LogP contribution in [0.2, 0.25) is 0 Å². The second kappa shape index (κ2) is 9.45. The van der Waals surface area contributed by atoms with Crippen molar-refractivity contribution in [3.8, 4) is 5.75 Å². The molecule has 0 saturated heterocycles. The maximum Gasteiger partial charge on any atom is 0.124 e. The summed E-state index contributed by atoms with van der Waals surface area (Å²) in [5.74, 6) is 0.951. The Bertz CT molecular complexity index is 662. The standard InChI is InChI=1S/C21H30N2O/c1-5-23(6-2)14-13-22-15-20-19-10-8-7-9-18(19)11-12-21(20)24-16-17(3)4/h7-12,22H,3,5-6,13-16H2,1-2,4H3. The molecule has 2 aromatic carbocycles. The van der Waals surface area contributed by atoms with E-state index in [0.29, 0.717) is 6.61 Å². The van der Waals surface area contributed by atoms with Gasteiger partial charge in [-0.3, -0.25) is 0 Å². The van der Waals surface area contributed by atoms with Crippen LogP contribution in [0.5, 0.6) is 5.75 Å². The Balaban J connectivity index is 2.12. The van der Waals surface area contributed by atoms with Crippen LogP contribution in [0, 0.1) is 0 Å². The third kappa shape index (κ3) is 5.08. The minimum Gasteiger partial charge on any atom is -0.489 e. The quantitative estimate of drug-likeness (QED) is 0.522. The Morgan fingerprint density at radius 3 is 2.58 bits per heavy atom. The molecule has 0 fully saturated rings. The third-order valence-electron chi connectivity index (χ3n) is 4.27. The Morgan fingerprint density at radius 2 is 1.88 bits per heavy atom. The van der Waals surface area contributed by atoms with Crippen molar-refractivity contribution in [1.29, 1.82) is 0 Å². The number of ether oxygens (including phenoxy) is 1. The molecule has 0 spiro atoms. The predicted octanol–water partition coefficient (Wildman–Crippen LogP) is 4.23. The van der Waals surface area contributed by atoms with Crippen molar-refractivity contribution in [2.45, 2.75) is 27.3 Å². The molecule has 0 radical (unpaired) electrons. The summed E-state index contributed by atoms with van der Waals surface area (Å²) in [6.07, 6.45) is 0. The lowest BCUT2D eigenvalue weighted by Gasteiger charge is -2.19. The first-order valence-electron chi connectivity index (χ1n) is 8.86. The summed E-state index contributed by atoms with van der Waals surface area (Å²) < 4.78 is 5.98. The van der Waals surface area contributed by atoms with Gasteiger partial charge in [0.1, 0.15) is 12.4 Å². The van der Waals surface area contributed by atoms with Gasteiger partial charge in [0.05, 0.1) is 0 Å². The van der Waals surface area contributed by atoms with Gasteiger partial charge in [-0.25, -0.2) is 0 Å². The summed E-state index contributed by atoms with van der Waals surface area (Å²) in [6, 6.07) is 12.7. The topological polar surface area (TPSA) is 24.5 Å². The average Bonchev–Trinajstić information content (AvgIpc) is 2.60. The predicted molar refractivity (Wildman–Crippen MR) is 104 cm³/mol. The molecule has 24 heavy (non-hydrogen) atoms.